The second-order valence-electron chi connectivity index (χ2n) is 3.49. The Balaban J connectivity index is 2.44. The Morgan fingerprint density at radius 1 is 1.60 bits per heavy atom. The van der Waals surface area contributed by atoms with Crippen LogP contribution in [0.15, 0.2) is 4.99 Å². The zero-order valence-electron chi connectivity index (χ0n) is 8.94. The average Bonchev–Trinajstić information content (AvgIpc) is 2.44. The predicted molar refractivity (Wildman–Crippen MR) is 61.3 cm³/mol. The fourth-order valence-electron chi connectivity index (χ4n) is 1.68. The lowest BCUT2D eigenvalue weighted by molar-refractivity contribution is 0.108. The largest absolute Gasteiger partial charge is 0.450 e. The first-order valence-corrected chi connectivity index (χ1v) is 5.67. The molecule has 1 amide bonds. The molecule has 0 aromatic heterocycles. The molecular weight excluding hydrogens is 212 g/mol. The van der Waals surface area contributed by atoms with E-state index in [-0.39, 0.29) is 12.1 Å². The van der Waals surface area contributed by atoms with Gasteiger partial charge in [-0.3, -0.25) is 0 Å². The van der Waals surface area contributed by atoms with E-state index in [1.165, 1.54) is 0 Å². The molecule has 0 aliphatic carbocycles. The van der Waals surface area contributed by atoms with Crippen molar-refractivity contribution in [3.63, 3.8) is 0 Å². The maximum Gasteiger partial charge on any atom is 0.409 e. The van der Waals surface area contributed by atoms with Crippen LogP contribution in [0.25, 0.3) is 0 Å². The van der Waals surface area contributed by atoms with Gasteiger partial charge in [0.1, 0.15) is 0 Å². The van der Waals surface area contributed by atoms with Gasteiger partial charge in [-0.2, -0.15) is 0 Å². The van der Waals surface area contributed by atoms with Gasteiger partial charge in [0.2, 0.25) is 0 Å². The quantitative estimate of drug-likeness (QED) is 0.537. The van der Waals surface area contributed by atoms with Crippen molar-refractivity contribution in [2.75, 3.05) is 19.7 Å². The van der Waals surface area contributed by atoms with Crippen LogP contribution >= 0.6 is 12.2 Å². The van der Waals surface area contributed by atoms with Gasteiger partial charge in [0.25, 0.3) is 0 Å². The number of hydrogen-bond acceptors (Lipinski definition) is 4. The summed E-state index contributed by atoms with van der Waals surface area (Å²) in [6.45, 7) is 3.69. The predicted octanol–water partition coefficient (Wildman–Crippen LogP) is 2.10. The van der Waals surface area contributed by atoms with E-state index < -0.39 is 0 Å². The van der Waals surface area contributed by atoms with E-state index in [1.807, 2.05) is 6.92 Å². The second-order valence-corrected chi connectivity index (χ2v) is 3.67. The minimum Gasteiger partial charge on any atom is -0.450 e. The summed E-state index contributed by atoms with van der Waals surface area (Å²) in [7, 11) is 0. The summed E-state index contributed by atoms with van der Waals surface area (Å²) in [5.41, 5.74) is 0. The number of isothiocyanates is 1. The van der Waals surface area contributed by atoms with E-state index in [4.69, 9.17) is 4.74 Å². The van der Waals surface area contributed by atoms with Crippen molar-refractivity contribution in [1.82, 2.24) is 4.90 Å². The van der Waals surface area contributed by atoms with Gasteiger partial charge in [-0.1, -0.05) is 0 Å². The molecule has 0 saturated carbocycles. The normalized spacial score (nSPS) is 21.4. The topological polar surface area (TPSA) is 41.9 Å². The fourth-order valence-corrected chi connectivity index (χ4v) is 1.83. The van der Waals surface area contributed by atoms with Crippen LogP contribution in [0.3, 0.4) is 0 Å². The smallest absolute Gasteiger partial charge is 0.409 e. The number of ether oxygens (including phenoxy) is 1. The summed E-state index contributed by atoms with van der Waals surface area (Å²) in [6, 6.07) is 0.224. The molecule has 1 aliphatic rings. The molecule has 0 aromatic rings. The Kier molecular flexibility index (Phi) is 5.29. The molecule has 0 N–H and O–H groups in total. The lowest BCUT2D eigenvalue weighted by atomic mass is 10.1. The van der Waals surface area contributed by atoms with Gasteiger partial charge in [0, 0.05) is 13.1 Å². The number of hydrogen-bond donors (Lipinski definition) is 0. The molecule has 0 radical (unpaired) electrons. The summed E-state index contributed by atoms with van der Waals surface area (Å²) < 4.78 is 4.95. The lowest BCUT2D eigenvalue weighted by Gasteiger charge is -2.18. The molecule has 0 spiro atoms. The van der Waals surface area contributed by atoms with Gasteiger partial charge in [-0.25, -0.2) is 9.79 Å². The van der Waals surface area contributed by atoms with Crippen LogP contribution in [0, 0.1) is 0 Å². The number of amides is 1. The molecule has 1 saturated heterocycles. The van der Waals surface area contributed by atoms with Crippen LogP contribution < -0.4 is 0 Å². The van der Waals surface area contributed by atoms with E-state index in [1.54, 1.807) is 4.90 Å². The molecule has 0 aromatic carbocycles. The molecule has 4 nitrogen and oxygen atoms in total. The van der Waals surface area contributed by atoms with E-state index in [9.17, 15) is 4.79 Å². The first kappa shape index (κ1) is 12.1. The highest BCUT2D eigenvalue weighted by Crippen LogP contribution is 2.14. The average molecular weight is 228 g/mol. The second kappa shape index (κ2) is 6.53. The van der Waals surface area contributed by atoms with Crippen molar-refractivity contribution >= 4 is 23.5 Å². The minimum atomic E-state index is -0.218. The zero-order chi connectivity index (χ0) is 11.1. The molecule has 1 atom stereocenters. The number of thiocarbonyl (C=S) groups is 1. The number of rotatable bonds is 2. The van der Waals surface area contributed by atoms with Gasteiger partial charge in [-0.15, -0.1) is 0 Å². The summed E-state index contributed by atoms with van der Waals surface area (Å²) in [6.07, 6.45) is 2.55. The summed E-state index contributed by atoms with van der Waals surface area (Å²) in [5, 5.41) is 2.41. The molecule has 1 aliphatic heterocycles. The van der Waals surface area contributed by atoms with Gasteiger partial charge in [0.15, 0.2) is 0 Å². The SMILES string of the molecule is CCOC(=O)N1CCCC(N=C=S)CC1. The number of likely N-dealkylation sites (tertiary alicyclic amines) is 1. The summed E-state index contributed by atoms with van der Waals surface area (Å²) in [5.74, 6) is 0. The first-order valence-electron chi connectivity index (χ1n) is 5.26. The summed E-state index contributed by atoms with van der Waals surface area (Å²) in [4.78, 5) is 17.3. The Hall–Kier alpha value is -0.930. The number of carbonyl (C=O) groups is 1. The molecule has 1 unspecified atom stereocenters. The van der Waals surface area contributed by atoms with Crippen LogP contribution in [-0.4, -0.2) is 41.9 Å². The van der Waals surface area contributed by atoms with Crippen molar-refractivity contribution in [2.45, 2.75) is 32.2 Å². The van der Waals surface area contributed by atoms with Crippen molar-refractivity contribution in [3.8, 4) is 0 Å². The van der Waals surface area contributed by atoms with Crippen molar-refractivity contribution < 1.29 is 9.53 Å². The molecule has 0 bridgehead atoms. The maximum absolute atomic E-state index is 11.5. The van der Waals surface area contributed by atoms with Crippen molar-refractivity contribution in [3.05, 3.63) is 0 Å². The third-order valence-corrected chi connectivity index (χ3v) is 2.56. The van der Waals surface area contributed by atoms with Gasteiger partial charge in [0.05, 0.1) is 17.8 Å². The van der Waals surface area contributed by atoms with Crippen LogP contribution in [0.1, 0.15) is 26.2 Å². The molecule has 15 heavy (non-hydrogen) atoms. The minimum absolute atomic E-state index is 0.218. The summed E-state index contributed by atoms with van der Waals surface area (Å²) >= 11 is 4.58. The van der Waals surface area contributed by atoms with E-state index in [2.05, 4.69) is 22.4 Å². The molecule has 1 fully saturated rings. The van der Waals surface area contributed by atoms with E-state index >= 15 is 0 Å². The van der Waals surface area contributed by atoms with Crippen LogP contribution in [0.5, 0.6) is 0 Å². The van der Waals surface area contributed by atoms with E-state index in [0.717, 1.165) is 25.8 Å². The molecular formula is C10H16N2O2S. The zero-order valence-corrected chi connectivity index (χ0v) is 9.76. The van der Waals surface area contributed by atoms with Crippen molar-refractivity contribution in [1.29, 1.82) is 0 Å². The maximum atomic E-state index is 11.5. The Bertz CT molecular complexity index is 264. The van der Waals surface area contributed by atoms with Gasteiger partial charge < -0.3 is 9.64 Å². The highest BCUT2D eigenvalue weighted by Gasteiger charge is 2.20. The molecule has 84 valence electrons. The number of carbonyl (C=O) groups excluding carboxylic acids is 1. The van der Waals surface area contributed by atoms with Crippen LogP contribution in [-0.2, 0) is 4.74 Å². The standard InChI is InChI=1S/C10H16N2O2S/c1-2-14-10(13)12-6-3-4-9(5-7-12)11-8-15/h9H,2-7H2,1H3. The Morgan fingerprint density at radius 2 is 2.40 bits per heavy atom. The van der Waals surface area contributed by atoms with Crippen LogP contribution in [0.2, 0.25) is 0 Å². The van der Waals surface area contributed by atoms with Gasteiger partial charge >= 0.3 is 6.09 Å². The first-order chi connectivity index (χ1) is 7.27. The number of aliphatic imine (C=N–C) groups is 1. The molecule has 1 rings (SSSR count). The lowest BCUT2D eigenvalue weighted by Crippen LogP contribution is -2.32. The molecule has 1 heterocycles. The highest BCUT2D eigenvalue weighted by molar-refractivity contribution is 7.78. The van der Waals surface area contributed by atoms with Gasteiger partial charge in [-0.05, 0) is 38.4 Å². The Morgan fingerprint density at radius 3 is 3.07 bits per heavy atom. The fraction of sp³-hybridized carbons (Fsp3) is 0.800. The Labute approximate surface area is 95.3 Å². The third kappa shape index (κ3) is 3.98. The monoisotopic (exact) mass is 228 g/mol. The van der Waals surface area contributed by atoms with Crippen molar-refractivity contribution in [2.24, 2.45) is 4.99 Å². The number of nitrogens with zero attached hydrogens (tertiary/aromatic N) is 2. The highest BCUT2D eigenvalue weighted by atomic mass is 32.1. The molecule has 5 heteroatoms. The van der Waals surface area contributed by atoms with Crippen LogP contribution in [0.4, 0.5) is 4.79 Å². The van der Waals surface area contributed by atoms with E-state index in [0.29, 0.717) is 13.2 Å². The third-order valence-electron chi connectivity index (χ3n) is 2.46.